The van der Waals surface area contributed by atoms with Gasteiger partial charge in [0.1, 0.15) is 5.82 Å². The Labute approximate surface area is 100 Å². The highest BCUT2D eigenvalue weighted by atomic mass is 35.5. The minimum absolute atomic E-state index is 0. The van der Waals surface area contributed by atoms with E-state index < -0.39 is 0 Å². The topological polar surface area (TPSA) is 12.0 Å². The lowest BCUT2D eigenvalue weighted by atomic mass is 9.92. The predicted molar refractivity (Wildman–Crippen MR) is 63.5 cm³/mol. The maximum atomic E-state index is 12.8. The SMILES string of the molecule is Cl.Fc1ccc(C2CCCNC2)c(Cl)c1. The summed E-state index contributed by atoms with van der Waals surface area (Å²) in [6, 6.07) is 4.68. The van der Waals surface area contributed by atoms with Gasteiger partial charge in [0.25, 0.3) is 0 Å². The van der Waals surface area contributed by atoms with E-state index in [-0.39, 0.29) is 18.2 Å². The fourth-order valence-electron chi connectivity index (χ4n) is 1.95. The lowest BCUT2D eigenvalue weighted by Crippen LogP contribution is -2.28. The van der Waals surface area contributed by atoms with Crippen molar-refractivity contribution in [2.45, 2.75) is 18.8 Å². The van der Waals surface area contributed by atoms with Crippen LogP contribution < -0.4 is 5.32 Å². The van der Waals surface area contributed by atoms with Crippen LogP contribution in [0.3, 0.4) is 0 Å². The van der Waals surface area contributed by atoms with Gasteiger partial charge in [0, 0.05) is 11.6 Å². The molecule has 1 nitrogen and oxygen atoms in total. The number of halogens is 3. The van der Waals surface area contributed by atoms with Crippen molar-refractivity contribution in [1.82, 2.24) is 5.32 Å². The van der Waals surface area contributed by atoms with E-state index in [2.05, 4.69) is 5.32 Å². The zero-order valence-corrected chi connectivity index (χ0v) is 9.87. The Morgan fingerprint density at radius 1 is 1.40 bits per heavy atom. The molecule has 0 aromatic heterocycles. The molecular weight excluding hydrogens is 236 g/mol. The molecule has 1 aromatic rings. The van der Waals surface area contributed by atoms with Crippen LogP contribution in [0.4, 0.5) is 4.39 Å². The average Bonchev–Trinajstić information content (AvgIpc) is 2.19. The van der Waals surface area contributed by atoms with Gasteiger partial charge in [-0.3, -0.25) is 0 Å². The van der Waals surface area contributed by atoms with Gasteiger partial charge < -0.3 is 5.32 Å². The van der Waals surface area contributed by atoms with Gasteiger partial charge >= 0.3 is 0 Å². The fraction of sp³-hybridized carbons (Fsp3) is 0.455. The third-order valence-corrected chi connectivity index (χ3v) is 3.03. The molecule has 1 atom stereocenters. The van der Waals surface area contributed by atoms with Crippen molar-refractivity contribution in [2.75, 3.05) is 13.1 Å². The Balaban J connectivity index is 0.00000112. The summed E-state index contributed by atoms with van der Waals surface area (Å²) in [5.74, 6) is 0.180. The molecule has 84 valence electrons. The molecule has 1 saturated heterocycles. The van der Waals surface area contributed by atoms with E-state index in [0.29, 0.717) is 10.9 Å². The third-order valence-electron chi connectivity index (χ3n) is 2.70. The Bertz CT molecular complexity index is 324. The first-order valence-corrected chi connectivity index (χ1v) is 5.31. The molecule has 1 aromatic carbocycles. The van der Waals surface area contributed by atoms with Gasteiger partial charge in [-0.1, -0.05) is 17.7 Å². The van der Waals surface area contributed by atoms with Gasteiger partial charge in [-0.2, -0.15) is 0 Å². The minimum atomic E-state index is -0.262. The Hall–Kier alpha value is -0.310. The third kappa shape index (κ3) is 3.07. The summed E-state index contributed by atoms with van der Waals surface area (Å²) in [7, 11) is 0. The van der Waals surface area contributed by atoms with E-state index in [1.807, 2.05) is 0 Å². The summed E-state index contributed by atoms with van der Waals surface area (Å²) in [6.07, 6.45) is 2.30. The molecule has 4 heteroatoms. The molecule has 0 aliphatic carbocycles. The Morgan fingerprint density at radius 2 is 2.20 bits per heavy atom. The average molecular weight is 250 g/mol. The lowest BCUT2D eigenvalue weighted by molar-refractivity contribution is 0.461. The lowest BCUT2D eigenvalue weighted by Gasteiger charge is -2.23. The van der Waals surface area contributed by atoms with Gasteiger partial charge in [-0.25, -0.2) is 4.39 Å². The van der Waals surface area contributed by atoms with E-state index in [9.17, 15) is 4.39 Å². The van der Waals surface area contributed by atoms with Crippen LogP contribution >= 0.6 is 24.0 Å². The number of piperidine rings is 1. The number of nitrogens with one attached hydrogen (secondary N) is 1. The fourth-order valence-corrected chi connectivity index (χ4v) is 2.27. The molecule has 1 heterocycles. The molecular formula is C11H14Cl2FN. The summed E-state index contributed by atoms with van der Waals surface area (Å²) >= 11 is 6.00. The molecule has 0 saturated carbocycles. The van der Waals surface area contributed by atoms with E-state index >= 15 is 0 Å². The van der Waals surface area contributed by atoms with Crippen molar-refractivity contribution in [2.24, 2.45) is 0 Å². The highest BCUT2D eigenvalue weighted by Gasteiger charge is 2.17. The van der Waals surface area contributed by atoms with Crippen molar-refractivity contribution in [3.63, 3.8) is 0 Å². The molecule has 1 aliphatic rings. The Kier molecular flexibility index (Phi) is 4.84. The van der Waals surface area contributed by atoms with Gasteiger partial charge in [0.15, 0.2) is 0 Å². The van der Waals surface area contributed by atoms with Crippen molar-refractivity contribution >= 4 is 24.0 Å². The maximum absolute atomic E-state index is 12.8. The van der Waals surface area contributed by atoms with E-state index in [0.717, 1.165) is 25.1 Å². The first kappa shape index (κ1) is 12.8. The van der Waals surface area contributed by atoms with Gasteiger partial charge in [0.05, 0.1) is 0 Å². The molecule has 1 unspecified atom stereocenters. The van der Waals surface area contributed by atoms with Crippen molar-refractivity contribution in [3.8, 4) is 0 Å². The zero-order valence-electron chi connectivity index (χ0n) is 8.30. The van der Waals surface area contributed by atoms with E-state index in [4.69, 9.17) is 11.6 Å². The summed E-state index contributed by atoms with van der Waals surface area (Å²) in [6.45, 7) is 2.03. The second-order valence-corrected chi connectivity index (χ2v) is 4.12. The zero-order chi connectivity index (χ0) is 9.97. The Morgan fingerprint density at radius 3 is 2.80 bits per heavy atom. The van der Waals surface area contributed by atoms with Crippen LogP contribution in [-0.4, -0.2) is 13.1 Å². The van der Waals surface area contributed by atoms with E-state index in [1.165, 1.54) is 18.6 Å². The molecule has 0 bridgehead atoms. The van der Waals surface area contributed by atoms with Crippen LogP contribution in [0.2, 0.25) is 5.02 Å². The van der Waals surface area contributed by atoms with Crippen LogP contribution in [0.1, 0.15) is 24.3 Å². The summed E-state index contributed by atoms with van der Waals surface area (Å²) < 4.78 is 12.8. The monoisotopic (exact) mass is 249 g/mol. The van der Waals surface area contributed by atoms with Gasteiger partial charge in [-0.15, -0.1) is 12.4 Å². The highest BCUT2D eigenvalue weighted by molar-refractivity contribution is 6.31. The quantitative estimate of drug-likeness (QED) is 0.805. The van der Waals surface area contributed by atoms with Crippen LogP contribution in [-0.2, 0) is 0 Å². The van der Waals surface area contributed by atoms with Crippen LogP contribution in [0.25, 0.3) is 0 Å². The predicted octanol–water partition coefficient (Wildman–Crippen LogP) is 3.37. The first-order chi connectivity index (χ1) is 6.77. The highest BCUT2D eigenvalue weighted by Crippen LogP contribution is 2.29. The number of benzene rings is 1. The van der Waals surface area contributed by atoms with Crippen LogP contribution in [0, 0.1) is 5.82 Å². The molecule has 0 amide bonds. The molecule has 1 N–H and O–H groups in total. The number of hydrogen-bond acceptors (Lipinski definition) is 1. The standard InChI is InChI=1S/C11H13ClFN.ClH/c12-11-6-9(13)3-4-10(11)8-2-1-5-14-7-8;/h3-4,6,8,14H,1-2,5,7H2;1H. The molecule has 0 radical (unpaired) electrons. The van der Waals surface area contributed by atoms with Gasteiger partial charge in [0.2, 0.25) is 0 Å². The summed E-state index contributed by atoms with van der Waals surface area (Å²) in [4.78, 5) is 0. The number of rotatable bonds is 1. The van der Waals surface area contributed by atoms with E-state index in [1.54, 1.807) is 6.07 Å². The normalized spacial score (nSPS) is 20.8. The molecule has 1 fully saturated rings. The summed E-state index contributed by atoms with van der Waals surface area (Å²) in [5.41, 5.74) is 1.07. The largest absolute Gasteiger partial charge is 0.316 e. The van der Waals surface area contributed by atoms with Gasteiger partial charge in [-0.05, 0) is 43.0 Å². The van der Waals surface area contributed by atoms with Crippen molar-refractivity contribution < 1.29 is 4.39 Å². The van der Waals surface area contributed by atoms with Crippen LogP contribution in [0.15, 0.2) is 18.2 Å². The second-order valence-electron chi connectivity index (χ2n) is 3.71. The molecule has 2 rings (SSSR count). The maximum Gasteiger partial charge on any atom is 0.124 e. The van der Waals surface area contributed by atoms with Crippen molar-refractivity contribution in [1.29, 1.82) is 0 Å². The molecule has 15 heavy (non-hydrogen) atoms. The minimum Gasteiger partial charge on any atom is -0.316 e. The first-order valence-electron chi connectivity index (χ1n) is 4.93. The summed E-state index contributed by atoms with van der Waals surface area (Å²) in [5, 5.41) is 3.88. The smallest absolute Gasteiger partial charge is 0.124 e. The second kappa shape index (κ2) is 5.69. The molecule has 1 aliphatic heterocycles. The molecule has 0 spiro atoms. The van der Waals surface area contributed by atoms with Crippen LogP contribution in [0.5, 0.6) is 0 Å². The van der Waals surface area contributed by atoms with Crippen molar-refractivity contribution in [3.05, 3.63) is 34.6 Å². The number of hydrogen-bond donors (Lipinski definition) is 1.